The Kier molecular flexibility index (Phi) is 11.1. The minimum atomic E-state index is -0.362. The lowest BCUT2D eigenvalue weighted by Gasteiger charge is -2.12. The molecule has 162 valence electrons. The molecule has 0 saturated carbocycles. The lowest BCUT2D eigenvalue weighted by Crippen LogP contribution is -2.19. The molecule has 0 atom stereocenters. The minimum Gasteiger partial charge on any atom is -0.497 e. The van der Waals surface area contributed by atoms with E-state index in [9.17, 15) is 4.79 Å². The molecule has 2 aromatic carbocycles. The first kappa shape index (κ1) is 23.5. The second-order valence-electron chi connectivity index (χ2n) is 7.24. The lowest BCUT2D eigenvalue weighted by molar-refractivity contribution is -0.118. The lowest BCUT2D eigenvalue weighted by atomic mass is 10.2. The van der Waals surface area contributed by atoms with Crippen LogP contribution in [-0.4, -0.2) is 44.2 Å². The van der Waals surface area contributed by atoms with Gasteiger partial charge in [-0.05, 0) is 75.1 Å². The summed E-state index contributed by atoms with van der Waals surface area (Å²) in [4.78, 5) is 13.0. The summed E-state index contributed by atoms with van der Waals surface area (Å²) in [7, 11) is 1.60. The number of primary amides is 1. The number of nitrogens with two attached hydrogens (primary N) is 1. The van der Waals surface area contributed by atoms with Crippen molar-refractivity contribution in [2.75, 3.05) is 33.4 Å². The second kappa shape index (κ2) is 14.2. The fourth-order valence-electron chi connectivity index (χ4n) is 3.16. The van der Waals surface area contributed by atoms with E-state index in [0.717, 1.165) is 5.75 Å². The molecule has 1 aliphatic rings. The van der Waals surface area contributed by atoms with E-state index in [0.29, 0.717) is 12.4 Å². The van der Waals surface area contributed by atoms with E-state index in [1.54, 1.807) is 31.4 Å². The maximum atomic E-state index is 10.4. The number of hydrogen-bond donors (Lipinski definition) is 1. The number of rotatable bonds is 10. The summed E-state index contributed by atoms with van der Waals surface area (Å²) in [6.45, 7) is 4.23. The van der Waals surface area contributed by atoms with Crippen LogP contribution in [0.1, 0.15) is 37.7 Å². The number of nitrogens with zero attached hydrogens (tertiary/aromatic N) is 1. The van der Waals surface area contributed by atoms with Crippen LogP contribution in [0.4, 0.5) is 0 Å². The minimum absolute atomic E-state index is 0.228. The van der Waals surface area contributed by atoms with Crippen molar-refractivity contribution in [3.63, 3.8) is 0 Å². The first-order valence-corrected chi connectivity index (χ1v) is 10.7. The Hall–Kier alpha value is -2.79. The van der Waals surface area contributed by atoms with Crippen molar-refractivity contribution < 1.29 is 14.3 Å². The Morgan fingerprint density at radius 1 is 1.03 bits per heavy atom. The third-order valence-electron chi connectivity index (χ3n) is 4.83. The first-order valence-electron chi connectivity index (χ1n) is 10.7. The number of hydrogen-bond acceptors (Lipinski definition) is 4. The van der Waals surface area contributed by atoms with Crippen LogP contribution in [0.2, 0.25) is 0 Å². The van der Waals surface area contributed by atoms with E-state index in [2.05, 4.69) is 47.4 Å². The van der Waals surface area contributed by atoms with E-state index in [4.69, 9.17) is 15.2 Å². The number of likely N-dealkylation sites (tertiary alicyclic amines) is 1. The molecule has 30 heavy (non-hydrogen) atoms. The van der Waals surface area contributed by atoms with Gasteiger partial charge in [-0.15, -0.1) is 0 Å². The van der Waals surface area contributed by atoms with Crippen LogP contribution >= 0.6 is 0 Å². The van der Waals surface area contributed by atoms with E-state index < -0.39 is 0 Å². The highest BCUT2D eigenvalue weighted by atomic mass is 16.5. The van der Waals surface area contributed by atoms with Gasteiger partial charge in [0.1, 0.15) is 11.5 Å². The summed E-state index contributed by atoms with van der Waals surface area (Å²) in [6.07, 6.45) is 10.1. The number of unbranched alkanes of at least 4 members (excludes halogenated alkanes) is 1. The zero-order chi connectivity index (χ0) is 21.4. The largest absolute Gasteiger partial charge is 0.497 e. The van der Waals surface area contributed by atoms with E-state index in [1.165, 1.54) is 50.9 Å². The van der Waals surface area contributed by atoms with Crippen molar-refractivity contribution >= 4 is 12.0 Å². The summed E-state index contributed by atoms with van der Waals surface area (Å²) < 4.78 is 10.2. The molecular formula is C25H34N2O3. The van der Waals surface area contributed by atoms with Gasteiger partial charge in [0, 0.05) is 0 Å². The molecule has 5 nitrogen and oxygen atoms in total. The number of allylic oxidation sites excluding steroid dienone is 1. The van der Waals surface area contributed by atoms with Gasteiger partial charge >= 0.3 is 0 Å². The van der Waals surface area contributed by atoms with Crippen LogP contribution in [0.5, 0.6) is 11.5 Å². The van der Waals surface area contributed by atoms with Crippen molar-refractivity contribution in [3.05, 3.63) is 66.2 Å². The topological polar surface area (TPSA) is 64.8 Å². The van der Waals surface area contributed by atoms with Crippen LogP contribution < -0.4 is 15.2 Å². The second-order valence-corrected chi connectivity index (χ2v) is 7.24. The third kappa shape index (κ3) is 10.1. The van der Waals surface area contributed by atoms with Crippen molar-refractivity contribution in [3.8, 4) is 11.5 Å². The molecule has 0 radical (unpaired) electrons. The Balaban J connectivity index is 0.000000216. The molecule has 1 aliphatic heterocycles. The summed E-state index contributed by atoms with van der Waals surface area (Å²) in [6, 6.07) is 17.7. The molecule has 0 bridgehead atoms. The molecule has 1 heterocycles. The third-order valence-corrected chi connectivity index (χ3v) is 4.83. The normalized spacial score (nSPS) is 13.6. The maximum Gasteiger partial charge on any atom is 0.220 e. The van der Waals surface area contributed by atoms with Crippen LogP contribution in [0.25, 0.3) is 6.08 Å². The van der Waals surface area contributed by atoms with Gasteiger partial charge in [-0.25, -0.2) is 0 Å². The highest BCUT2D eigenvalue weighted by Crippen LogP contribution is 2.16. The molecule has 2 aromatic rings. The predicted molar refractivity (Wildman–Crippen MR) is 123 cm³/mol. The fraction of sp³-hybridized carbons (Fsp3) is 0.400. The fourth-order valence-corrected chi connectivity index (χ4v) is 3.16. The smallest absolute Gasteiger partial charge is 0.220 e. The van der Waals surface area contributed by atoms with Crippen molar-refractivity contribution in [2.24, 2.45) is 5.73 Å². The summed E-state index contributed by atoms with van der Waals surface area (Å²) in [5.74, 6) is 1.11. The summed E-state index contributed by atoms with van der Waals surface area (Å²) >= 11 is 0. The van der Waals surface area contributed by atoms with Gasteiger partial charge in [0.05, 0.1) is 20.1 Å². The van der Waals surface area contributed by atoms with Gasteiger partial charge in [-0.1, -0.05) is 42.5 Å². The molecule has 0 unspecified atom stereocenters. The molecule has 5 heteroatoms. The molecular weight excluding hydrogens is 376 g/mol. The Bertz CT molecular complexity index is 739. The van der Waals surface area contributed by atoms with Crippen LogP contribution in [0.15, 0.2) is 60.7 Å². The standard InChI is InChI=1S/C15H21N.C10H13NO3/c1-3-9-15(10-4-1)11-5-2-6-12-16-13-7-8-14-16;1-13-8-2-4-9(5-3-8)14-7-6-10(11)12/h1,3-5,9-11H,2,6-8,12-14H2;2-5H,6-7H2,1H3,(H2,11,12)/b11-5+;. The number of carbonyl (C=O) groups is 1. The summed E-state index contributed by atoms with van der Waals surface area (Å²) in [5.41, 5.74) is 6.27. The van der Waals surface area contributed by atoms with Gasteiger partial charge in [0.25, 0.3) is 0 Å². The van der Waals surface area contributed by atoms with Crippen molar-refractivity contribution in [1.82, 2.24) is 4.90 Å². The van der Waals surface area contributed by atoms with Crippen molar-refractivity contribution in [2.45, 2.75) is 32.1 Å². The van der Waals surface area contributed by atoms with Crippen LogP contribution in [0.3, 0.4) is 0 Å². The molecule has 0 aromatic heterocycles. The molecule has 1 saturated heterocycles. The van der Waals surface area contributed by atoms with Gasteiger partial charge in [0.15, 0.2) is 0 Å². The van der Waals surface area contributed by atoms with E-state index >= 15 is 0 Å². The van der Waals surface area contributed by atoms with Crippen LogP contribution in [-0.2, 0) is 4.79 Å². The van der Waals surface area contributed by atoms with Crippen molar-refractivity contribution in [1.29, 1.82) is 0 Å². The van der Waals surface area contributed by atoms with Gasteiger partial charge in [0.2, 0.25) is 5.91 Å². The summed E-state index contributed by atoms with van der Waals surface area (Å²) in [5, 5.41) is 0. The number of amides is 1. The highest BCUT2D eigenvalue weighted by molar-refractivity contribution is 5.73. The molecule has 2 N–H and O–H groups in total. The number of ether oxygens (including phenoxy) is 2. The van der Waals surface area contributed by atoms with E-state index in [-0.39, 0.29) is 12.3 Å². The van der Waals surface area contributed by atoms with Gasteiger partial charge in [-0.2, -0.15) is 0 Å². The molecule has 3 rings (SSSR count). The predicted octanol–water partition coefficient (Wildman–Crippen LogP) is 4.53. The first-order chi connectivity index (χ1) is 14.7. The van der Waals surface area contributed by atoms with Gasteiger partial charge in [-0.3, -0.25) is 4.79 Å². The van der Waals surface area contributed by atoms with Crippen LogP contribution in [0, 0.1) is 0 Å². The monoisotopic (exact) mass is 410 g/mol. The molecule has 1 fully saturated rings. The Labute approximate surface area is 180 Å². The Morgan fingerprint density at radius 3 is 2.33 bits per heavy atom. The number of carbonyl (C=O) groups excluding carboxylic acids is 1. The number of benzene rings is 2. The maximum absolute atomic E-state index is 10.4. The molecule has 0 spiro atoms. The zero-order valence-corrected chi connectivity index (χ0v) is 18.0. The molecule has 1 amide bonds. The Morgan fingerprint density at radius 2 is 1.70 bits per heavy atom. The quantitative estimate of drug-likeness (QED) is 0.585. The highest BCUT2D eigenvalue weighted by Gasteiger charge is 2.09. The van der Waals surface area contributed by atoms with E-state index in [1.807, 2.05) is 0 Å². The average molecular weight is 411 g/mol. The SMILES string of the molecule is C(=C\c1ccccc1)/CCCN1CCCC1.COc1ccc(OCCC(N)=O)cc1. The van der Waals surface area contributed by atoms with Gasteiger partial charge < -0.3 is 20.1 Å². The number of methoxy groups -OCH3 is 1. The zero-order valence-electron chi connectivity index (χ0n) is 18.0. The average Bonchev–Trinajstić information content (AvgIpc) is 3.29. The molecule has 0 aliphatic carbocycles.